The van der Waals surface area contributed by atoms with Crippen molar-refractivity contribution in [1.82, 2.24) is 9.97 Å². The van der Waals surface area contributed by atoms with Crippen molar-refractivity contribution in [3.8, 4) is 0 Å². The predicted octanol–water partition coefficient (Wildman–Crippen LogP) is 2.34. The van der Waals surface area contributed by atoms with Crippen LogP contribution in [0.25, 0.3) is 0 Å². The molecule has 4 N–H and O–H groups in total. The van der Waals surface area contributed by atoms with Crippen molar-refractivity contribution in [2.75, 3.05) is 34.4 Å². The fourth-order valence-electron chi connectivity index (χ4n) is 3.76. The van der Waals surface area contributed by atoms with Gasteiger partial charge in [0.25, 0.3) is 0 Å². The van der Waals surface area contributed by atoms with E-state index in [9.17, 15) is 9.59 Å². The third kappa shape index (κ3) is 3.37. The molecule has 3 heterocycles. The third-order valence-electron chi connectivity index (χ3n) is 5.32. The van der Waals surface area contributed by atoms with Gasteiger partial charge in [0, 0.05) is 25.2 Å². The number of benzene rings is 1. The molecule has 2 aliphatic rings. The number of hydrogen-bond donors (Lipinski definition) is 3. The van der Waals surface area contributed by atoms with Gasteiger partial charge in [0.1, 0.15) is 11.6 Å². The lowest BCUT2D eigenvalue weighted by Gasteiger charge is -2.27. The monoisotopic (exact) mass is 380 g/mol. The van der Waals surface area contributed by atoms with E-state index in [4.69, 9.17) is 5.73 Å². The molecule has 0 bridgehead atoms. The van der Waals surface area contributed by atoms with Crippen LogP contribution >= 0.6 is 0 Å². The molecule has 0 saturated carbocycles. The maximum atomic E-state index is 13.0. The van der Waals surface area contributed by atoms with Gasteiger partial charge in [-0.2, -0.15) is 9.97 Å². The standard InChI is InChI=1S/C20H24N6O2/c1-11-5-6-12(2)14(9-11)22-19(28)13-10-15(27)23-18-16(13)17(21)24-20(25-18)26-7-3-4-8-26/h5-6,9,13H,3-4,7-8,10H2,1-2H3,(H,22,28)(H3,21,23,24,25,27)/t13-/m0/s1. The highest BCUT2D eigenvalue weighted by Crippen LogP contribution is 2.37. The van der Waals surface area contributed by atoms with Gasteiger partial charge in [0.2, 0.25) is 17.8 Å². The van der Waals surface area contributed by atoms with Crippen LogP contribution in [0.1, 0.15) is 41.9 Å². The van der Waals surface area contributed by atoms with Gasteiger partial charge in [-0.1, -0.05) is 12.1 Å². The van der Waals surface area contributed by atoms with Crippen LogP contribution in [-0.2, 0) is 9.59 Å². The van der Waals surface area contributed by atoms with Crippen molar-refractivity contribution < 1.29 is 9.59 Å². The number of nitrogen functional groups attached to an aromatic ring is 1. The number of nitrogens with zero attached hydrogens (tertiary/aromatic N) is 3. The Morgan fingerprint density at radius 1 is 1.25 bits per heavy atom. The van der Waals surface area contributed by atoms with Crippen molar-refractivity contribution in [3.05, 3.63) is 34.9 Å². The molecule has 1 saturated heterocycles. The van der Waals surface area contributed by atoms with Gasteiger partial charge in [-0.3, -0.25) is 9.59 Å². The molecule has 0 spiro atoms. The van der Waals surface area contributed by atoms with Crippen LogP contribution in [0.2, 0.25) is 0 Å². The van der Waals surface area contributed by atoms with E-state index in [-0.39, 0.29) is 24.1 Å². The molecule has 2 aliphatic heterocycles. The van der Waals surface area contributed by atoms with Crippen molar-refractivity contribution in [2.24, 2.45) is 0 Å². The molecule has 146 valence electrons. The summed E-state index contributed by atoms with van der Waals surface area (Å²) in [6.07, 6.45) is 2.17. The molecule has 2 aromatic rings. The minimum Gasteiger partial charge on any atom is -0.383 e. The first kappa shape index (κ1) is 18.2. The van der Waals surface area contributed by atoms with Crippen molar-refractivity contribution in [2.45, 2.75) is 39.0 Å². The van der Waals surface area contributed by atoms with E-state index in [1.807, 2.05) is 36.9 Å². The second-order valence-corrected chi connectivity index (χ2v) is 7.48. The van der Waals surface area contributed by atoms with Crippen molar-refractivity contribution >= 4 is 35.1 Å². The Morgan fingerprint density at radius 2 is 2.00 bits per heavy atom. The highest BCUT2D eigenvalue weighted by molar-refractivity contribution is 6.05. The third-order valence-corrected chi connectivity index (χ3v) is 5.32. The minimum atomic E-state index is -0.726. The summed E-state index contributed by atoms with van der Waals surface area (Å²) in [6, 6.07) is 5.85. The fourth-order valence-corrected chi connectivity index (χ4v) is 3.76. The van der Waals surface area contributed by atoms with Gasteiger partial charge in [-0.15, -0.1) is 0 Å². The van der Waals surface area contributed by atoms with E-state index in [2.05, 4.69) is 20.6 Å². The Labute approximate surface area is 163 Å². The van der Waals surface area contributed by atoms with Crippen LogP contribution in [0.3, 0.4) is 0 Å². The lowest BCUT2D eigenvalue weighted by atomic mass is 9.91. The molecule has 1 fully saturated rings. The topological polar surface area (TPSA) is 113 Å². The molecule has 0 aliphatic carbocycles. The molecule has 0 radical (unpaired) electrons. The molecule has 1 aromatic heterocycles. The van der Waals surface area contributed by atoms with Gasteiger partial charge in [-0.05, 0) is 43.9 Å². The van der Waals surface area contributed by atoms with Gasteiger partial charge in [0.05, 0.1) is 11.5 Å². The SMILES string of the molecule is Cc1ccc(C)c(NC(=O)[C@H]2CC(=O)Nc3nc(N4CCCC4)nc(N)c32)c1. The summed E-state index contributed by atoms with van der Waals surface area (Å²) >= 11 is 0. The van der Waals surface area contributed by atoms with E-state index >= 15 is 0 Å². The summed E-state index contributed by atoms with van der Waals surface area (Å²) in [5.74, 6) is -0.172. The molecule has 28 heavy (non-hydrogen) atoms. The molecule has 8 heteroatoms. The minimum absolute atomic E-state index is 0.0142. The quantitative estimate of drug-likeness (QED) is 0.753. The first-order chi connectivity index (χ1) is 13.4. The number of nitrogens with two attached hydrogens (primary N) is 1. The number of carbonyl (C=O) groups is 2. The number of anilines is 4. The number of fused-ring (bicyclic) bond motifs is 1. The average molecular weight is 380 g/mol. The summed E-state index contributed by atoms with van der Waals surface area (Å²) in [6.45, 7) is 5.62. The van der Waals surface area contributed by atoms with Gasteiger partial charge < -0.3 is 21.3 Å². The Balaban J connectivity index is 1.67. The number of hydrogen-bond acceptors (Lipinski definition) is 6. The smallest absolute Gasteiger partial charge is 0.232 e. The van der Waals surface area contributed by atoms with Crippen LogP contribution in [0.5, 0.6) is 0 Å². The second kappa shape index (κ2) is 7.10. The Kier molecular flexibility index (Phi) is 4.62. The zero-order valence-electron chi connectivity index (χ0n) is 16.1. The molecular formula is C20H24N6O2. The Hall–Kier alpha value is -3.16. The molecule has 0 unspecified atom stereocenters. The molecule has 8 nitrogen and oxygen atoms in total. The normalized spacial score (nSPS) is 18.6. The van der Waals surface area contributed by atoms with E-state index in [0.717, 1.165) is 42.7 Å². The van der Waals surface area contributed by atoms with Crippen LogP contribution in [0, 0.1) is 13.8 Å². The second-order valence-electron chi connectivity index (χ2n) is 7.48. The number of amides is 2. The summed E-state index contributed by atoms with van der Waals surface area (Å²) in [4.78, 5) is 36.2. The number of rotatable bonds is 3. The molecule has 2 amide bonds. The Bertz CT molecular complexity index is 952. The zero-order chi connectivity index (χ0) is 19.8. The highest BCUT2D eigenvalue weighted by atomic mass is 16.2. The zero-order valence-corrected chi connectivity index (χ0v) is 16.1. The van der Waals surface area contributed by atoms with Crippen LogP contribution < -0.4 is 21.3 Å². The summed E-state index contributed by atoms with van der Waals surface area (Å²) in [5.41, 5.74) is 9.43. The van der Waals surface area contributed by atoms with Crippen LogP contribution in [-0.4, -0.2) is 34.9 Å². The molecular weight excluding hydrogens is 356 g/mol. The van der Waals surface area contributed by atoms with E-state index < -0.39 is 5.92 Å². The van der Waals surface area contributed by atoms with Crippen molar-refractivity contribution in [3.63, 3.8) is 0 Å². The molecule has 4 rings (SSSR count). The summed E-state index contributed by atoms with van der Waals surface area (Å²) in [5, 5.41) is 5.70. The number of carbonyl (C=O) groups excluding carboxylic acids is 2. The largest absolute Gasteiger partial charge is 0.383 e. The van der Waals surface area contributed by atoms with Crippen LogP contribution in [0.4, 0.5) is 23.3 Å². The lowest BCUT2D eigenvalue weighted by Crippen LogP contribution is -2.33. The highest BCUT2D eigenvalue weighted by Gasteiger charge is 2.35. The molecule has 1 atom stereocenters. The first-order valence-corrected chi connectivity index (χ1v) is 9.52. The van der Waals surface area contributed by atoms with Crippen LogP contribution in [0.15, 0.2) is 18.2 Å². The number of aryl methyl sites for hydroxylation is 2. The first-order valence-electron chi connectivity index (χ1n) is 9.52. The van der Waals surface area contributed by atoms with E-state index in [0.29, 0.717) is 17.3 Å². The predicted molar refractivity (Wildman–Crippen MR) is 108 cm³/mol. The summed E-state index contributed by atoms with van der Waals surface area (Å²) < 4.78 is 0. The molecule has 1 aromatic carbocycles. The fraction of sp³-hybridized carbons (Fsp3) is 0.400. The van der Waals surface area contributed by atoms with Gasteiger partial charge >= 0.3 is 0 Å². The lowest BCUT2D eigenvalue weighted by molar-refractivity contribution is -0.123. The van der Waals surface area contributed by atoms with E-state index in [1.54, 1.807) is 0 Å². The summed E-state index contributed by atoms with van der Waals surface area (Å²) in [7, 11) is 0. The maximum absolute atomic E-state index is 13.0. The van der Waals surface area contributed by atoms with Gasteiger partial charge in [-0.25, -0.2) is 0 Å². The van der Waals surface area contributed by atoms with E-state index in [1.165, 1.54) is 0 Å². The van der Waals surface area contributed by atoms with Gasteiger partial charge in [0.15, 0.2) is 0 Å². The Morgan fingerprint density at radius 3 is 2.75 bits per heavy atom. The number of nitrogens with one attached hydrogen (secondary N) is 2. The maximum Gasteiger partial charge on any atom is 0.232 e. The van der Waals surface area contributed by atoms with Crippen molar-refractivity contribution in [1.29, 1.82) is 0 Å². The number of aromatic nitrogens is 2. The average Bonchev–Trinajstić information content (AvgIpc) is 3.18.